The third-order valence-corrected chi connectivity index (χ3v) is 4.58. The second-order valence-corrected chi connectivity index (χ2v) is 7.17. The number of amides is 3. The van der Waals surface area contributed by atoms with Crippen molar-refractivity contribution in [3.05, 3.63) is 53.6 Å². The second kappa shape index (κ2) is 8.77. The largest absolute Gasteiger partial charge is 0.497 e. The fraction of sp³-hybridized carbons (Fsp3) is 0.318. The number of rotatable bonds is 7. The van der Waals surface area contributed by atoms with Gasteiger partial charge in [0.25, 0.3) is 5.91 Å². The van der Waals surface area contributed by atoms with Crippen molar-refractivity contribution >= 4 is 29.1 Å². The summed E-state index contributed by atoms with van der Waals surface area (Å²) >= 11 is 0. The van der Waals surface area contributed by atoms with Gasteiger partial charge in [0.2, 0.25) is 11.8 Å². The zero-order valence-electron chi connectivity index (χ0n) is 16.8. The first-order valence-electron chi connectivity index (χ1n) is 9.50. The molecule has 0 atom stereocenters. The van der Waals surface area contributed by atoms with E-state index in [1.165, 1.54) is 13.8 Å². The molecule has 3 amide bonds. The van der Waals surface area contributed by atoms with Crippen LogP contribution in [0.5, 0.6) is 5.75 Å². The van der Waals surface area contributed by atoms with Crippen molar-refractivity contribution in [2.45, 2.75) is 39.3 Å². The van der Waals surface area contributed by atoms with E-state index < -0.39 is 0 Å². The Labute approximate surface area is 170 Å². The van der Waals surface area contributed by atoms with Crippen LogP contribution in [0, 0.1) is 0 Å². The fourth-order valence-corrected chi connectivity index (χ4v) is 3.15. The van der Waals surface area contributed by atoms with Gasteiger partial charge in [-0.05, 0) is 48.7 Å². The molecule has 7 heteroatoms. The highest BCUT2D eigenvalue weighted by Gasteiger charge is 2.33. The Hall–Kier alpha value is -3.35. The molecule has 0 heterocycles. The summed E-state index contributed by atoms with van der Waals surface area (Å²) in [5, 5.41) is 5.37. The van der Waals surface area contributed by atoms with Gasteiger partial charge in [-0.3, -0.25) is 14.4 Å². The summed E-state index contributed by atoms with van der Waals surface area (Å²) in [4.78, 5) is 38.1. The van der Waals surface area contributed by atoms with Gasteiger partial charge >= 0.3 is 0 Å². The molecule has 1 aliphatic rings. The maximum Gasteiger partial charge on any atom is 0.254 e. The van der Waals surface area contributed by atoms with Crippen molar-refractivity contribution in [1.29, 1.82) is 0 Å². The summed E-state index contributed by atoms with van der Waals surface area (Å²) in [7, 11) is 1.61. The predicted molar refractivity (Wildman–Crippen MR) is 111 cm³/mol. The predicted octanol–water partition coefficient (Wildman–Crippen LogP) is 3.42. The molecular formula is C22H25N3O4. The van der Waals surface area contributed by atoms with E-state index in [9.17, 15) is 14.4 Å². The summed E-state index contributed by atoms with van der Waals surface area (Å²) in [5.41, 5.74) is 2.35. The number of anilines is 2. The van der Waals surface area contributed by atoms with E-state index in [-0.39, 0.29) is 23.8 Å². The lowest BCUT2D eigenvalue weighted by Crippen LogP contribution is -2.32. The molecule has 3 rings (SSSR count). The summed E-state index contributed by atoms with van der Waals surface area (Å²) in [6, 6.07) is 12.7. The maximum absolute atomic E-state index is 13.3. The summed E-state index contributed by atoms with van der Waals surface area (Å²) in [6.45, 7) is 3.27. The average Bonchev–Trinajstić information content (AvgIpc) is 3.50. The van der Waals surface area contributed by atoms with E-state index in [4.69, 9.17) is 4.74 Å². The van der Waals surface area contributed by atoms with Gasteiger partial charge in [0.1, 0.15) is 5.75 Å². The van der Waals surface area contributed by atoms with Crippen LogP contribution in [-0.4, -0.2) is 35.8 Å². The van der Waals surface area contributed by atoms with E-state index in [0.29, 0.717) is 23.5 Å². The first-order chi connectivity index (χ1) is 13.9. The van der Waals surface area contributed by atoms with Crippen LogP contribution in [-0.2, 0) is 16.1 Å². The first kappa shape index (κ1) is 20.4. The molecule has 0 radical (unpaired) electrons. The number of benzene rings is 2. The molecule has 0 unspecified atom stereocenters. The molecule has 0 aromatic heterocycles. The fourth-order valence-electron chi connectivity index (χ4n) is 3.15. The number of hydrogen-bond acceptors (Lipinski definition) is 4. The molecule has 0 spiro atoms. The van der Waals surface area contributed by atoms with Crippen molar-refractivity contribution in [3.63, 3.8) is 0 Å². The summed E-state index contributed by atoms with van der Waals surface area (Å²) < 4.78 is 5.19. The van der Waals surface area contributed by atoms with Crippen LogP contribution in [0.1, 0.15) is 42.6 Å². The first-order valence-corrected chi connectivity index (χ1v) is 9.50. The normalized spacial score (nSPS) is 12.8. The molecule has 1 aliphatic carbocycles. The number of ether oxygens (including phenoxy) is 1. The third-order valence-electron chi connectivity index (χ3n) is 4.58. The molecule has 2 N–H and O–H groups in total. The van der Waals surface area contributed by atoms with Gasteiger partial charge in [0, 0.05) is 43.4 Å². The van der Waals surface area contributed by atoms with Crippen LogP contribution in [0.2, 0.25) is 0 Å². The molecule has 1 saturated carbocycles. The Balaban J connectivity index is 1.87. The number of carbonyl (C=O) groups is 3. The molecule has 1 fully saturated rings. The topological polar surface area (TPSA) is 87.7 Å². The van der Waals surface area contributed by atoms with Gasteiger partial charge in [0.15, 0.2) is 0 Å². The Bertz CT molecular complexity index is 886. The van der Waals surface area contributed by atoms with Crippen LogP contribution in [0.15, 0.2) is 42.5 Å². The smallest absolute Gasteiger partial charge is 0.254 e. The molecule has 7 nitrogen and oxygen atoms in total. The Kier molecular flexibility index (Phi) is 6.16. The Morgan fingerprint density at radius 2 is 1.52 bits per heavy atom. The monoisotopic (exact) mass is 395 g/mol. The second-order valence-electron chi connectivity index (χ2n) is 7.17. The molecule has 2 aromatic carbocycles. The molecule has 0 aliphatic heterocycles. The molecule has 2 aromatic rings. The highest BCUT2D eigenvalue weighted by molar-refractivity contribution is 6.00. The number of hydrogen-bond donors (Lipinski definition) is 2. The highest BCUT2D eigenvalue weighted by atomic mass is 16.5. The number of nitrogens with one attached hydrogen (secondary N) is 2. The van der Waals surface area contributed by atoms with Crippen LogP contribution in [0.3, 0.4) is 0 Å². The summed E-state index contributed by atoms with van der Waals surface area (Å²) in [6.07, 6.45) is 1.93. The standard InChI is InChI=1S/C22H25N3O4/c1-14(26)23-18-10-17(11-19(12-18)24-15(2)27)22(28)25(20-6-7-20)13-16-4-8-21(29-3)9-5-16/h4-5,8-12,20H,6-7,13H2,1-3H3,(H,23,26)(H,24,27). The van der Waals surface area contributed by atoms with Crippen LogP contribution < -0.4 is 15.4 Å². The summed E-state index contributed by atoms with van der Waals surface area (Å²) in [5.74, 6) is 0.129. The van der Waals surface area contributed by atoms with Crippen molar-refractivity contribution in [1.82, 2.24) is 4.90 Å². The van der Waals surface area contributed by atoms with Gasteiger partial charge in [0.05, 0.1) is 7.11 Å². The average molecular weight is 395 g/mol. The van der Waals surface area contributed by atoms with Crippen LogP contribution in [0.25, 0.3) is 0 Å². The minimum absolute atomic E-state index is 0.137. The molecular weight excluding hydrogens is 370 g/mol. The molecule has 0 saturated heterocycles. The van der Waals surface area contributed by atoms with Gasteiger partial charge in [-0.15, -0.1) is 0 Å². The van der Waals surface area contributed by atoms with Crippen molar-refractivity contribution in [2.75, 3.05) is 17.7 Å². The van der Waals surface area contributed by atoms with Crippen LogP contribution >= 0.6 is 0 Å². The molecule has 0 bridgehead atoms. The molecule has 29 heavy (non-hydrogen) atoms. The van der Waals surface area contributed by atoms with Gasteiger partial charge < -0.3 is 20.3 Å². The SMILES string of the molecule is COc1ccc(CN(C(=O)c2cc(NC(C)=O)cc(NC(C)=O)c2)C2CC2)cc1. The zero-order valence-corrected chi connectivity index (χ0v) is 16.8. The zero-order chi connectivity index (χ0) is 21.0. The Morgan fingerprint density at radius 3 is 1.97 bits per heavy atom. The van der Waals surface area contributed by atoms with Gasteiger partial charge in [-0.2, -0.15) is 0 Å². The van der Waals surface area contributed by atoms with E-state index >= 15 is 0 Å². The van der Waals surface area contributed by atoms with Crippen molar-refractivity contribution in [3.8, 4) is 5.75 Å². The van der Waals surface area contributed by atoms with Crippen LogP contribution in [0.4, 0.5) is 11.4 Å². The van der Waals surface area contributed by atoms with Gasteiger partial charge in [-0.1, -0.05) is 12.1 Å². The van der Waals surface area contributed by atoms with E-state index in [2.05, 4.69) is 10.6 Å². The Morgan fingerprint density at radius 1 is 0.966 bits per heavy atom. The maximum atomic E-state index is 13.3. The van der Waals surface area contributed by atoms with Crippen molar-refractivity contribution in [2.24, 2.45) is 0 Å². The third kappa shape index (κ3) is 5.57. The van der Waals surface area contributed by atoms with E-state index in [1.807, 2.05) is 29.2 Å². The molecule has 152 valence electrons. The number of nitrogens with zero attached hydrogens (tertiary/aromatic N) is 1. The number of carbonyl (C=O) groups excluding carboxylic acids is 3. The highest BCUT2D eigenvalue weighted by Crippen LogP contribution is 2.31. The van der Waals surface area contributed by atoms with Crippen molar-refractivity contribution < 1.29 is 19.1 Å². The van der Waals surface area contributed by atoms with Gasteiger partial charge in [-0.25, -0.2) is 0 Å². The lowest BCUT2D eigenvalue weighted by Gasteiger charge is -2.23. The van der Waals surface area contributed by atoms with E-state index in [1.54, 1.807) is 25.3 Å². The number of methoxy groups -OCH3 is 1. The quantitative estimate of drug-likeness (QED) is 0.752. The van der Waals surface area contributed by atoms with E-state index in [0.717, 1.165) is 24.2 Å². The minimum atomic E-state index is -0.249. The lowest BCUT2D eigenvalue weighted by molar-refractivity contribution is -0.115. The minimum Gasteiger partial charge on any atom is -0.497 e. The lowest BCUT2D eigenvalue weighted by atomic mass is 10.1.